The molecule has 3 heterocycles. The summed E-state index contributed by atoms with van der Waals surface area (Å²) < 4.78 is 6.05. The van der Waals surface area contributed by atoms with Gasteiger partial charge in [0.05, 0.1) is 6.20 Å². The molecule has 0 aliphatic carbocycles. The van der Waals surface area contributed by atoms with E-state index in [2.05, 4.69) is 46.8 Å². The largest absolute Gasteiger partial charge is 0.339 e. The summed E-state index contributed by atoms with van der Waals surface area (Å²) in [4.78, 5) is 17.4. The number of halogens is 1. The topological polar surface area (TPSA) is 69.7 Å². The fourth-order valence-corrected chi connectivity index (χ4v) is 4.28. The van der Waals surface area contributed by atoms with Gasteiger partial charge < -0.3 is 14.5 Å². The number of rotatable bonds is 7. The Hall–Kier alpha value is -3.58. The first kappa shape index (κ1) is 23.6. The van der Waals surface area contributed by atoms with E-state index in [0.717, 1.165) is 34.2 Å². The maximum Gasteiger partial charge on any atom is 0.244 e. The Morgan fingerprint density at radius 3 is 2.50 bits per heavy atom. The van der Waals surface area contributed by atoms with Crippen molar-refractivity contribution in [3.8, 4) is 5.82 Å². The van der Waals surface area contributed by atoms with Crippen LogP contribution < -0.4 is 5.32 Å². The van der Waals surface area contributed by atoms with Crippen molar-refractivity contribution in [2.24, 2.45) is 7.05 Å². The predicted octanol–water partition coefficient (Wildman–Crippen LogP) is 5.18. The molecule has 1 unspecified atom stereocenters. The third-order valence-corrected chi connectivity index (χ3v) is 6.11. The number of hydrogen-bond donors (Lipinski definition) is 1. The molecule has 0 radical (unpaired) electrons. The van der Waals surface area contributed by atoms with Crippen molar-refractivity contribution >= 4 is 23.6 Å². The third kappa shape index (κ3) is 4.70. The fourth-order valence-electron chi connectivity index (χ4n) is 4.15. The number of aromatic nitrogens is 5. The van der Waals surface area contributed by atoms with Crippen LogP contribution in [0.2, 0.25) is 5.02 Å². The molecule has 0 saturated carbocycles. The number of nitrogens with one attached hydrogen (secondary N) is 1. The molecule has 0 aliphatic heterocycles. The molecule has 1 N–H and O–H groups in total. The zero-order chi connectivity index (χ0) is 24.4. The first-order valence-corrected chi connectivity index (χ1v) is 11.6. The molecule has 0 saturated heterocycles. The van der Waals surface area contributed by atoms with Crippen molar-refractivity contribution in [3.05, 3.63) is 94.4 Å². The van der Waals surface area contributed by atoms with E-state index in [1.807, 2.05) is 72.0 Å². The van der Waals surface area contributed by atoms with E-state index in [1.165, 1.54) is 0 Å². The van der Waals surface area contributed by atoms with Gasteiger partial charge in [-0.15, -0.1) is 0 Å². The summed E-state index contributed by atoms with van der Waals surface area (Å²) in [5.74, 6) is 1.54. The van der Waals surface area contributed by atoms with Crippen molar-refractivity contribution in [3.63, 3.8) is 0 Å². The highest BCUT2D eigenvalue weighted by Gasteiger charge is 2.20. The van der Waals surface area contributed by atoms with Gasteiger partial charge in [-0.2, -0.15) is 5.10 Å². The molecule has 0 fully saturated rings. The number of aryl methyl sites for hydroxylation is 2. The Kier molecular flexibility index (Phi) is 6.75. The van der Waals surface area contributed by atoms with Gasteiger partial charge in [0.25, 0.3) is 0 Å². The lowest BCUT2D eigenvalue weighted by Gasteiger charge is -2.18. The normalized spacial score (nSPS) is 12.6. The van der Waals surface area contributed by atoms with E-state index < -0.39 is 6.04 Å². The lowest BCUT2D eigenvalue weighted by molar-refractivity contribution is -0.117. The Morgan fingerprint density at radius 1 is 1.12 bits per heavy atom. The van der Waals surface area contributed by atoms with Gasteiger partial charge >= 0.3 is 0 Å². The number of carbonyl (C=O) groups is 1. The number of hydrogen-bond acceptors (Lipinski definition) is 3. The van der Waals surface area contributed by atoms with Crippen molar-refractivity contribution in [2.75, 3.05) is 0 Å². The Labute approximate surface area is 204 Å². The zero-order valence-electron chi connectivity index (χ0n) is 20.0. The van der Waals surface area contributed by atoms with Crippen LogP contribution in [-0.4, -0.2) is 29.8 Å². The van der Waals surface area contributed by atoms with E-state index >= 15 is 0 Å². The van der Waals surface area contributed by atoms with Crippen LogP contribution in [0.15, 0.2) is 61.1 Å². The standard InChI is InChI=1S/C26H29ClN6O/c1-17(2)33-24(12-13-29-33)32-18(3)16-21(19(32)4)8-11-23(34)30-25(26-28-14-15-31(26)5)20-6-9-22(27)10-7-20/h6-17,25H,1-5H3,(H,30,34)/b11-8+. The number of nitrogens with zero attached hydrogens (tertiary/aromatic N) is 5. The van der Waals surface area contributed by atoms with Crippen molar-refractivity contribution in [1.29, 1.82) is 0 Å². The van der Waals surface area contributed by atoms with E-state index in [9.17, 15) is 4.79 Å². The summed E-state index contributed by atoms with van der Waals surface area (Å²) in [5, 5.41) is 8.18. The average molecular weight is 477 g/mol. The molecule has 1 atom stereocenters. The first-order valence-electron chi connectivity index (χ1n) is 11.2. The average Bonchev–Trinajstić information content (AvgIpc) is 3.50. The highest BCUT2D eigenvalue weighted by molar-refractivity contribution is 6.30. The van der Waals surface area contributed by atoms with Crippen molar-refractivity contribution in [1.82, 2.24) is 29.2 Å². The van der Waals surface area contributed by atoms with Crippen LogP contribution in [0, 0.1) is 13.8 Å². The van der Waals surface area contributed by atoms with Gasteiger partial charge in [0.1, 0.15) is 17.7 Å². The van der Waals surface area contributed by atoms with Gasteiger partial charge in [0, 0.05) is 54.0 Å². The highest BCUT2D eigenvalue weighted by atomic mass is 35.5. The van der Waals surface area contributed by atoms with E-state index in [0.29, 0.717) is 5.02 Å². The molecule has 0 spiro atoms. The number of benzene rings is 1. The van der Waals surface area contributed by atoms with E-state index in [-0.39, 0.29) is 11.9 Å². The second kappa shape index (κ2) is 9.73. The van der Waals surface area contributed by atoms with Crippen LogP contribution >= 0.6 is 11.6 Å². The summed E-state index contributed by atoms with van der Waals surface area (Å²) in [6.45, 7) is 8.31. The summed E-state index contributed by atoms with van der Waals surface area (Å²) in [6.07, 6.45) is 8.80. The summed E-state index contributed by atoms with van der Waals surface area (Å²) >= 11 is 6.06. The highest BCUT2D eigenvalue weighted by Crippen LogP contribution is 2.25. The second-order valence-electron chi connectivity index (χ2n) is 8.61. The van der Waals surface area contributed by atoms with Gasteiger partial charge in [0.15, 0.2) is 0 Å². The van der Waals surface area contributed by atoms with Gasteiger partial charge in [-0.25, -0.2) is 9.67 Å². The zero-order valence-corrected chi connectivity index (χ0v) is 20.8. The summed E-state index contributed by atoms with van der Waals surface area (Å²) in [7, 11) is 1.91. The molecule has 3 aromatic heterocycles. The molecule has 8 heteroatoms. The van der Waals surface area contributed by atoms with Crippen LogP contribution in [0.5, 0.6) is 0 Å². The minimum atomic E-state index is -0.401. The molecule has 7 nitrogen and oxygen atoms in total. The van der Waals surface area contributed by atoms with Gasteiger partial charge in [0.2, 0.25) is 5.91 Å². The van der Waals surface area contributed by atoms with E-state index in [1.54, 1.807) is 12.3 Å². The number of amides is 1. The van der Waals surface area contributed by atoms with Crippen LogP contribution in [0.25, 0.3) is 11.9 Å². The molecule has 4 aromatic rings. The number of imidazole rings is 1. The van der Waals surface area contributed by atoms with Crippen LogP contribution in [0.4, 0.5) is 0 Å². The van der Waals surface area contributed by atoms with E-state index in [4.69, 9.17) is 11.6 Å². The molecule has 34 heavy (non-hydrogen) atoms. The SMILES string of the molecule is Cc1cc(/C=C/C(=O)NC(c2ccc(Cl)cc2)c2nccn2C)c(C)n1-c1ccnn1C(C)C. The molecule has 4 rings (SSSR count). The first-order chi connectivity index (χ1) is 16.3. The Balaban J connectivity index is 1.59. The maximum atomic E-state index is 13.0. The molecular formula is C26H29ClN6O. The molecule has 176 valence electrons. The minimum absolute atomic E-state index is 0.208. The second-order valence-corrected chi connectivity index (χ2v) is 9.05. The summed E-state index contributed by atoms with van der Waals surface area (Å²) in [6, 6.07) is 11.3. The smallest absolute Gasteiger partial charge is 0.244 e. The third-order valence-electron chi connectivity index (χ3n) is 5.86. The lowest BCUT2D eigenvalue weighted by Crippen LogP contribution is -2.29. The summed E-state index contributed by atoms with van der Waals surface area (Å²) in [5.41, 5.74) is 4.00. The minimum Gasteiger partial charge on any atom is -0.339 e. The van der Waals surface area contributed by atoms with Crippen molar-refractivity contribution < 1.29 is 4.79 Å². The molecule has 0 bridgehead atoms. The quantitative estimate of drug-likeness (QED) is 0.374. The van der Waals surface area contributed by atoms with Crippen LogP contribution in [-0.2, 0) is 11.8 Å². The van der Waals surface area contributed by atoms with Gasteiger partial charge in [-0.3, -0.25) is 4.79 Å². The maximum absolute atomic E-state index is 13.0. The molecule has 1 aromatic carbocycles. The monoisotopic (exact) mass is 476 g/mol. The van der Waals surface area contributed by atoms with Gasteiger partial charge in [-0.1, -0.05) is 23.7 Å². The lowest BCUT2D eigenvalue weighted by atomic mass is 10.1. The molecule has 1 amide bonds. The predicted molar refractivity (Wildman–Crippen MR) is 135 cm³/mol. The molecule has 0 aliphatic rings. The number of carbonyl (C=O) groups excluding carboxylic acids is 1. The Bertz CT molecular complexity index is 1330. The van der Waals surface area contributed by atoms with Crippen molar-refractivity contribution in [2.45, 2.75) is 39.8 Å². The van der Waals surface area contributed by atoms with Crippen LogP contribution in [0.1, 0.15) is 54.3 Å². The fraction of sp³-hybridized carbons (Fsp3) is 0.269. The Morgan fingerprint density at radius 2 is 1.85 bits per heavy atom. The molecular weight excluding hydrogens is 448 g/mol. The van der Waals surface area contributed by atoms with Gasteiger partial charge in [-0.05, 0) is 63.1 Å². The van der Waals surface area contributed by atoms with Crippen LogP contribution in [0.3, 0.4) is 0 Å².